The Bertz CT molecular complexity index is 314. The number of carbonyl (C=O) groups excluding carboxylic acids is 1. The number of likely N-dealkylation sites (tertiary alicyclic amines) is 1. The van der Waals surface area contributed by atoms with Crippen molar-refractivity contribution in [2.24, 2.45) is 5.92 Å². The molecule has 0 saturated carbocycles. The third-order valence-electron chi connectivity index (χ3n) is 4.35. The summed E-state index contributed by atoms with van der Waals surface area (Å²) in [4.78, 5) is 16.5. The van der Waals surface area contributed by atoms with Crippen molar-refractivity contribution in [3.63, 3.8) is 0 Å². The van der Waals surface area contributed by atoms with Gasteiger partial charge in [0.05, 0.1) is 25.9 Å². The molecule has 2 saturated heterocycles. The smallest absolute Gasteiger partial charge is 0.222 e. The zero-order valence-corrected chi connectivity index (χ0v) is 12.8. The van der Waals surface area contributed by atoms with Gasteiger partial charge in [0.25, 0.3) is 0 Å². The second-order valence-corrected chi connectivity index (χ2v) is 6.36. The van der Waals surface area contributed by atoms with Crippen molar-refractivity contribution in [2.45, 2.75) is 45.2 Å². The first-order chi connectivity index (χ1) is 9.61. The summed E-state index contributed by atoms with van der Waals surface area (Å²) < 4.78 is 5.43. The van der Waals surface area contributed by atoms with E-state index in [-0.39, 0.29) is 12.6 Å². The Morgan fingerprint density at radius 3 is 2.60 bits per heavy atom. The Labute approximate surface area is 121 Å². The Kier molecular flexibility index (Phi) is 5.81. The number of aliphatic hydroxyl groups is 1. The molecule has 0 aromatic carbocycles. The van der Waals surface area contributed by atoms with Crippen LogP contribution in [0.4, 0.5) is 0 Å². The van der Waals surface area contributed by atoms with Gasteiger partial charge in [0.15, 0.2) is 0 Å². The highest BCUT2D eigenvalue weighted by Crippen LogP contribution is 2.21. The van der Waals surface area contributed by atoms with E-state index in [1.165, 1.54) is 0 Å². The molecule has 5 heteroatoms. The van der Waals surface area contributed by atoms with Crippen molar-refractivity contribution in [1.82, 2.24) is 9.80 Å². The lowest BCUT2D eigenvalue weighted by Crippen LogP contribution is -2.55. The minimum absolute atomic E-state index is 0.131. The molecule has 0 radical (unpaired) electrons. The molecule has 2 aliphatic rings. The van der Waals surface area contributed by atoms with E-state index in [4.69, 9.17) is 4.74 Å². The molecule has 0 unspecified atom stereocenters. The van der Waals surface area contributed by atoms with E-state index in [9.17, 15) is 9.90 Å². The number of amides is 1. The summed E-state index contributed by atoms with van der Waals surface area (Å²) in [5.74, 6) is 0.720. The van der Waals surface area contributed by atoms with Gasteiger partial charge < -0.3 is 14.7 Å². The van der Waals surface area contributed by atoms with Gasteiger partial charge in [-0.3, -0.25) is 9.69 Å². The highest BCUT2D eigenvalue weighted by atomic mass is 16.5. The number of carbonyl (C=O) groups is 1. The monoisotopic (exact) mass is 284 g/mol. The van der Waals surface area contributed by atoms with Gasteiger partial charge in [-0.2, -0.15) is 0 Å². The van der Waals surface area contributed by atoms with Crippen LogP contribution in [0.2, 0.25) is 0 Å². The molecule has 0 aromatic heterocycles. The second-order valence-electron chi connectivity index (χ2n) is 6.36. The summed E-state index contributed by atoms with van der Waals surface area (Å²) in [5.41, 5.74) is 0. The van der Waals surface area contributed by atoms with E-state index in [0.29, 0.717) is 30.9 Å². The molecule has 0 aliphatic carbocycles. The van der Waals surface area contributed by atoms with E-state index < -0.39 is 0 Å². The van der Waals surface area contributed by atoms with Gasteiger partial charge in [-0.05, 0) is 18.8 Å². The standard InChI is InChI=1S/C15H28N2O3/c1-12(2)9-15(19)16-5-3-13(4-6-16)17-7-8-20-11-14(17)10-18/h12-14,18H,3-11H2,1-2H3/t14-/m0/s1. The number of rotatable bonds is 4. The average molecular weight is 284 g/mol. The van der Waals surface area contributed by atoms with Gasteiger partial charge in [0.1, 0.15) is 0 Å². The van der Waals surface area contributed by atoms with Crippen LogP contribution in [0.3, 0.4) is 0 Å². The highest BCUT2D eigenvalue weighted by Gasteiger charge is 2.32. The number of hydrogen-bond donors (Lipinski definition) is 1. The Morgan fingerprint density at radius 2 is 2.00 bits per heavy atom. The van der Waals surface area contributed by atoms with Gasteiger partial charge in [-0.25, -0.2) is 0 Å². The number of piperidine rings is 1. The zero-order chi connectivity index (χ0) is 14.5. The largest absolute Gasteiger partial charge is 0.395 e. The second kappa shape index (κ2) is 7.38. The van der Waals surface area contributed by atoms with E-state index in [1.54, 1.807) is 0 Å². The fourth-order valence-corrected chi connectivity index (χ4v) is 3.23. The van der Waals surface area contributed by atoms with Crippen LogP contribution in [0.1, 0.15) is 33.1 Å². The number of aliphatic hydroxyl groups excluding tert-OH is 1. The van der Waals surface area contributed by atoms with Crippen LogP contribution in [0, 0.1) is 5.92 Å². The van der Waals surface area contributed by atoms with E-state index in [1.807, 2.05) is 4.90 Å². The van der Waals surface area contributed by atoms with Gasteiger partial charge in [-0.15, -0.1) is 0 Å². The quantitative estimate of drug-likeness (QED) is 0.826. The van der Waals surface area contributed by atoms with Gasteiger partial charge >= 0.3 is 0 Å². The molecule has 2 rings (SSSR count). The molecule has 5 nitrogen and oxygen atoms in total. The summed E-state index contributed by atoms with van der Waals surface area (Å²) in [6, 6.07) is 0.616. The summed E-state index contributed by atoms with van der Waals surface area (Å²) in [5, 5.41) is 9.45. The van der Waals surface area contributed by atoms with Crippen LogP contribution in [0.15, 0.2) is 0 Å². The Morgan fingerprint density at radius 1 is 1.30 bits per heavy atom. The first-order valence-electron chi connectivity index (χ1n) is 7.84. The fraction of sp³-hybridized carbons (Fsp3) is 0.933. The zero-order valence-electron chi connectivity index (χ0n) is 12.8. The van der Waals surface area contributed by atoms with Crippen LogP contribution in [-0.2, 0) is 9.53 Å². The highest BCUT2D eigenvalue weighted by molar-refractivity contribution is 5.76. The summed E-state index contributed by atoms with van der Waals surface area (Å²) in [6.07, 6.45) is 2.68. The van der Waals surface area contributed by atoms with Crippen LogP contribution in [0.5, 0.6) is 0 Å². The van der Waals surface area contributed by atoms with Crippen molar-refractivity contribution in [3.8, 4) is 0 Å². The molecule has 0 spiro atoms. The third-order valence-corrected chi connectivity index (χ3v) is 4.35. The third kappa shape index (κ3) is 3.93. The van der Waals surface area contributed by atoms with Crippen molar-refractivity contribution in [1.29, 1.82) is 0 Å². The number of hydrogen-bond acceptors (Lipinski definition) is 4. The lowest BCUT2D eigenvalue weighted by atomic mass is 9.99. The van der Waals surface area contributed by atoms with Gasteiger partial charge in [0.2, 0.25) is 5.91 Å². The predicted molar refractivity (Wildman–Crippen MR) is 77.5 cm³/mol. The minimum atomic E-state index is 0.131. The lowest BCUT2D eigenvalue weighted by Gasteiger charge is -2.44. The van der Waals surface area contributed by atoms with E-state index in [0.717, 1.165) is 39.1 Å². The Hall–Kier alpha value is -0.650. The van der Waals surface area contributed by atoms with Gasteiger partial charge in [-0.1, -0.05) is 13.8 Å². The molecule has 2 fully saturated rings. The first kappa shape index (κ1) is 15.7. The molecule has 20 heavy (non-hydrogen) atoms. The average Bonchev–Trinajstić information content (AvgIpc) is 2.46. The maximum Gasteiger partial charge on any atom is 0.222 e. The van der Waals surface area contributed by atoms with Crippen LogP contribution < -0.4 is 0 Å². The van der Waals surface area contributed by atoms with Crippen molar-refractivity contribution in [3.05, 3.63) is 0 Å². The molecule has 1 N–H and O–H groups in total. The van der Waals surface area contributed by atoms with E-state index in [2.05, 4.69) is 18.7 Å². The molecule has 0 bridgehead atoms. The summed E-state index contributed by atoms with van der Waals surface area (Å²) in [7, 11) is 0. The Balaban J connectivity index is 1.82. The fourth-order valence-electron chi connectivity index (χ4n) is 3.23. The number of nitrogens with zero attached hydrogens (tertiary/aromatic N) is 2. The van der Waals surface area contributed by atoms with Crippen molar-refractivity contribution < 1.29 is 14.6 Å². The molecular formula is C15H28N2O3. The first-order valence-corrected chi connectivity index (χ1v) is 7.84. The number of morpholine rings is 1. The minimum Gasteiger partial charge on any atom is -0.395 e. The van der Waals surface area contributed by atoms with Gasteiger partial charge in [0, 0.05) is 32.1 Å². The molecule has 1 atom stereocenters. The summed E-state index contributed by atoms with van der Waals surface area (Å²) >= 11 is 0. The van der Waals surface area contributed by atoms with Crippen molar-refractivity contribution >= 4 is 5.91 Å². The molecule has 1 amide bonds. The normalized spacial score (nSPS) is 26.2. The maximum absolute atomic E-state index is 12.1. The SMILES string of the molecule is CC(C)CC(=O)N1CCC(N2CCOC[C@@H]2CO)CC1. The molecule has 116 valence electrons. The number of ether oxygens (including phenoxy) is 1. The lowest BCUT2D eigenvalue weighted by molar-refractivity contribution is -0.134. The predicted octanol–water partition coefficient (Wildman–Crippen LogP) is 0.717. The molecular weight excluding hydrogens is 256 g/mol. The van der Waals surface area contributed by atoms with E-state index >= 15 is 0 Å². The maximum atomic E-state index is 12.1. The molecule has 2 aliphatic heterocycles. The summed E-state index contributed by atoms with van der Waals surface area (Å²) in [6.45, 7) is 8.32. The molecule has 0 aromatic rings. The van der Waals surface area contributed by atoms with Crippen LogP contribution in [-0.4, -0.2) is 72.4 Å². The molecule has 2 heterocycles. The van der Waals surface area contributed by atoms with Crippen molar-refractivity contribution in [2.75, 3.05) is 39.5 Å². The van der Waals surface area contributed by atoms with Crippen LogP contribution in [0.25, 0.3) is 0 Å². The van der Waals surface area contributed by atoms with Crippen LogP contribution >= 0.6 is 0 Å². The topological polar surface area (TPSA) is 53.0 Å².